The van der Waals surface area contributed by atoms with E-state index < -0.39 is 29.8 Å². The second-order valence-electron chi connectivity index (χ2n) is 6.16. The van der Waals surface area contributed by atoms with Crippen molar-refractivity contribution in [3.8, 4) is 11.5 Å². The maximum absolute atomic E-state index is 12.5. The van der Waals surface area contributed by atoms with Crippen LogP contribution in [-0.4, -0.2) is 29.5 Å². The molecule has 0 saturated heterocycles. The summed E-state index contributed by atoms with van der Waals surface area (Å²) in [7, 11) is 0. The lowest BCUT2D eigenvalue weighted by atomic mass is 9.91. The smallest absolute Gasteiger partial charge is 0.420 e. The summed E-state index contributed by atoms with van der Waals surface area (Å²) in [5, 5.41) is 9.28. The lowest BCUT2D eigenvalue weighted by Crippen LogP contribution is -2.47. The molecule has 0 spiro atoms. The van der Waals surface area contributed by atoms with Crippen LogP contribution in [0.3, 0.4) is 0 Å². The largest absolute Gasteiger partial charge is 0.490 e. The Balaban J connectivity index is 2.66. The number of carbonyl (C=O) groups is 1. The second-order valence-corrected chi connectivity index (χ2v) is 6.16. The summed E-state index contributed by atoms with van der Waals surface area (Å²) in [6.07, 6.45) is -4.17. The maximum Gasteiger partial charge on any atom is 0.420 e. The number of hydrogen-bond donors (Lipinski definition) is 1. The fraction of sp³-hybridized carbons (Fsp3) is 0.562. The molecule has 0 fully saturated rings. The number of esters is 1. The molecule has 1 N–H and O–H groups in total. The fourth-order valence-corrected chi connectivity index (χ4v) is 1.30. The molecule has 7 heteroatoms. The summed E-state index contributed by atoms with van der Waals surface area (Å²) >= 11 is 0. The van der Waals surface area contributed by atoms with Crippen LogP contribution in [0.4, 0.5) is 13.2 Å². The SMILES string of the molecule is CCC(C)(C)C(=O)Oc1ccc(OCC(C)(O)C(F)(F)F)cc1. The van der Waals surface area contributed by atoms with Crippen LogP contribution in [0.15, 0.2) is 24.3 Å². The van der Waals surface area contributed by atoms with Gasteiger partial charge in [-0.25, -0.2) is 0 Å². The molecular weight excluding hydrogens is 313 g/mol. The van der Waals surface area contributed by atoms with E-state index >= 15 is 0 Å². The van der Waals surface area contributed by atoms with Crippen LogP contribution >= 0.6 is 0 Å². The number of halogens is 3. The normalized spacial score (nSPS) is 15.0. The number of aliphatic hydroxyl groups is 1. The summed E-state index contributed by atoms with van der Waals surface area (Å²) in [6, 6.07) is 5.57. The van der Waals surface area contributed by atoms with Gasteiger partial charge in [0.1, 0.15) is 18.1 Å². The molecule has 0 aliphatic rings. The van der Waals surface area contributed by atoms with Crippen molar-refractivity contribution in [1.29, 1.82) is 0 Å². The van der Waals surface area contributed by atoms with Gasteiger partial charge in [0.2, 0.25) is 0 Å². The van der Waals surface area contributed by atoms with Crippen molar-refractivity contribution in [1.82, 2.24) is 0 Å². The van der Waals surface area contributed by atoms with Crippen molar-refractivity contribution >= 4 is 5.97 Å². The van der Waals surface area contributed by atoms with Gasteiger partial charge in [0.05, 0.1) is 5.41 Å². The van der Waals surface area contributed by atoms with Crippen molar-refractivity contribution < 1.29 is 32.5 Å². The predicted octanol–water partition coefficient (Wildman–Crippen LogP) is 3.72. The minimum Gasteiger partial charge on any atom is -0.490 e. The average Bonchev–Trinajstić information content (AvgIpc) is 2.45. The quantitative estimate of drug-likeness (QED) is 0.636. The Morgan fingerprint density at radius 3 is 2.00 bits per heavy atom. The van der Waals surface area contributed by atoms with Crippen LogP contribution in [-0.2, 0) is 4.79 Å². The Morgan fingerprint density at radius 2 is 1.57 bits per heavy atom. The van der Waals surface area contributed by atoms with Crippen LogP contribution in [0.5, 0.6) is 11.5 Å². The summed E-state index contributed by atoms with van der Waals surface area (Å²) < 4.78 is 47.6. The van der Waals surface area contributed by atoms with Crippen LogP contribution in [0.2, 0.25) is 0 Å². The first-order valence-corrected chi connectivity index (χ1v) is 7.13. The van der Waals surface area contributed by atoms with E-state index in [9.17, 15) is 23.1 Å². The second kappa shape index (κ2) is 6.78. The van der Waals surface area contributed by atoms with Gasteiger partial charge in [-0.15, -0.1) is 0 Å². The Morgan fingerprint density at radius 1 is 1.09 bits per heavy atom. The molecule has 4 nitrogen and oxygen atoms in total. The van der Waals surface area contributed by atoms with Gasteiger partial charge in [-0.3, -0.25) is 4.79 Å². The summed E-state index contributed by atoms with van der Waals surface area (Å²) in [5.74, 6) is 0.00389. The summed E-state index contributed by atoms with van der Waals surface area (Å²) in [4.78, 5) is 11.9. The molecule has 130 valence electrons. The van der Waals surface area contributed by atoms with Crippen LogP contribution in [0, 0.1) is 5.41 Å². The van der Waals surface area contributed by atoms with E-state index in [-0.39, 0.29) is 11.5 Å². The lowest BCUT2D eigenvalue weighted by molar-refractivity contribution is -0.260. The molecule has 1 rings (SSSR count). The van der Waals surface area contributed by atoms with Crippen molar-refractivity contribution in [2.75, 3.05) is 6.61 Å². The number of carbonyl (C=O) groups excluding carboxylic acids is 1. The molecule has 0 amide bonds. The van der Waals surface area contributed by atoms with Crippen molar-refractivity contribution in [2.45, 2.75) is 45.9 Å². The Hall–Kier alpha value is -1.76. The van der Waals surface area contributed by atoms with Gasteiger partial charge >= 0.3 is 12.1 Å². The third-order valence-corrected chi connectivity index (χ3v) is 3.60. The highest BCUT2D eigenvalue weighted by molar-refractivity contribution is 5.78. The summed E-state index contributed by atoms with van der Waals surface area (Å²) in [5.41, 5.74) is -3.57. The third kappa shape index (κ3) is 5.13. The Kier molecular flexibility index (Phi) is 5.69. The lowest BCUT2D eigenvalue weighted by Gasteiger charge is -2.26. The maximum atomic E-state index is 12.5. The van der Waals surface area contributed by atoms with Gasteiger partial charge in [0, 0.05) is 0 Å². The average molecular weight is 334 g/mol. The van der Waals surface area contributed by atoms with Crippen molar-refractivity contribution in [2.24, 2.45) is 5.41 Å². The van der Waals surface area contributed by atoms with Gasteiger partial charge in [0.15, 0.2) is 5.60 Å². The highest BCUT2D eigenvalue weighted by Crippen LogP contribution is 2.31. The standard InChI is InChI=1S/C16H21F3O4/c1-5-14(2,3)13(20)23-12-8-6-11(7-9-12)22-10-15(4,21)16(17,18)19/h6-9,21H,5,10H2,1-4H3. The van der Waals surface area contributed by atoms with Gasteiger partial charge in [0.25, 0.3) is 0 Å². The van der Waals surface area contributed by atoms with E-state index in [0.29, 0.717) is 13.3 Å². The number of benzene rings is 1. The van der Waals surface area contributed by atoms with Crippen molar-refractivity contribution in [3.63, 3.8) is 0 Å². The minimum atomic E-state index is -4.78. The molecular formula is C16H21F3O4. The van der Waals surface area contributed by atoms with E-state index in [0.717, 1.165) is 0 Å². The topological polar surface area (TPSA) is 55.8 Å². The highest BCUT2D eigenvalue weighted by atomic mass is 19.4. The highest BCUT2D eigenvalue weighted by Gasteiger charge is 2.50. The molecule has 0 bridgehead atoms. The Bertz CT molecular complexity index is 533. The third-order valence-electron chi connectivity index (χ3n) is 3.60. The van der Waals surface area contributed by atoms with Crippen LogP contribution in [0.25, 0.3) is 0 Å². The zero-order valence-electron chi connectivity index (χ0n) is 13.5. The molecule has 0 aliphatic heterocycles. The first kappa shape index (κ1) is 19.3. The van der Waals surface area contributed by atoms with E-state index in [1.54, 1.807) is 13.8 Å². The molecule has 1 unspecified atom stereocenters. The molecule has 0 radical (unpaired) electrons. The van der Waals surface area contributed by atoms with Gasteiger partial charge in [-0.1, -0.05) is 6.92 Å². The van der Waals surface area contributed by atoms with E-state index in [2.05, 4.69) is 0 Å². The number of alkyl halides is 3. The van der Waals surface area contributed by atoms with E-state index in [1.807, 2.05) is 6.92 Å². The van der Waals surface area contributed by atoms with Gasteiger partial charge in [-0.2, -0.15) is 13.2 Å². The molecule has 1 aromatic carbocycles. The first-order chi connectivity index (χ1) is 10.4. The van der Waals surface area contributed by atoms with Crippen LogP contribution < -0.4 is 9.47 Å². The number of hydrogen-bond acceptors (Lipinski definition) is 4. The fourth-order valence-electron chi connectivity index (χ4n) is 1.30. The zero-order valence-corrected chi connectivity index (χ0v) is 13.5. The van der Waals surface area contributed by atoms with Gasteiger partial charge < -0.3 is 14.6 Å². The number of rotatable bonds is 6. The minimum absolute atomic E-state index is 0.129. The molecule has 0 aromatic heterocycles. The molecule has 1 atom stereocenters. The first-order valence-electron chi connectivity index (χ1n) is 7.13. The van der Waals surface area contributed by atoms with Crippen LogP contribution in [0.1, 0.15) is 34.1 Å². The predicted molar refractivity (Wildman–Crippen MR) is 78.3 cm³/mol. The van der Waals surface area contributed by atoms with E-state index in [4.69, 9.17) is 9.47 Å². The molecule has 0 heterocycles. The van der Waals surface area contributed by atoms with Crippen molar-refractivity contribution in [3.05, 3.63) is 24.3 Å². The molecule has 1 aromatic rings. The monoisotopic (exact) mass is 334 g/mol. The number of ether oxygens (including phenoxy) is 2. The molecule has 0 aliphatic carbocycles. The molecule has 23 heavy (non-hydrogen) atoms. The summed E-state index contributed by atoms with van der Waals surface area (Å²) in [6.45, 7) is 5.08. The van der Waals surface area contributed by atoms with Gasteiger partial charge in [-0.05, 0) is 51.5 Å². The molecule has 0 saturated carbocycles. The van der Waals surface area contributed by atoms with E-state index in [1.165, 1.54) is 24.3 Å². The zero-order chi connectivity index (χ0) is 17.9. The Labute approximate surface area is 133 Å².